The molecule has 0 aliphatic carbocycles. The molecule has 0 saturated carbocycles. The third-order valence-corrected chi connectivity index (χ3v) is 5.53. The smallest absolute Gasteiger partial charge is 0.330 e. The number of carbonyl (C=O) groups is 1. The van der Waals surface area contributed by atoms with Gasteiger partial charge in [0.05, 0.1) is 11.5 Å². The van der Waals surface area contributed by atoms with Crippen LogP contribution in [0.4, 0.5) is 5.69 Å². The van der Waals surface area contributed by atoms with Gasteiger partial charge in [0.2, 0.25) is 0 Å². The van der Waals surface area contributed by atoms with Crippen LogP contribution in [0, 0.1) is 0 Å². The molecule has 1 saturated heterocycles. The first kappa shape index (κ1) is 14.3. The molecule has 1 aromatic carbocycles. The molecule has 1 heterocycles. The maximum atomic E-state index is 11.7. The number of anilines is 1. The average molecular weight is 348 g/mol. The molecular formula is C12H14BrNO4S. The largest absolute Gasteiger partial charge is 0.479 e. The Morgan fingerprint density at radius 1 is 1.32 bits per heavy atom. The van der Waals surface area contributed by atoms with Crippen molar-refractivity contribution in [2.75, 3.05) is 16.8 Å². The Bertz CT molecular complexity index is 584. The normalized spacial score (nSPS) is 25.7. The summed E-state index contributed by atoms with van der Waals surface area (Å²) in [6.07, 6.45) is 0.662. The standard InChI is InChI=1S/C12H14BrNO4S/c13-9-2-4-10(5-3-9)14-12(11(15)16)6-1-7-19(17,18)8-12/h2-5,14H,1,6-8H2,(H,15,16). The van der Waals surface area contributed by atoms with Gasteiger partial charge < -0.3 is 10.4 Å². The minimum atomic E-state index is -3.32. The minimum absolute atomic E-state index is 0.0596. The lowest BCUT2D eigenvalue weighted by molar-refractivity contribution is -0.141. The molecule has 104 valence electrons. The second kappa shape index (κ2) is 5.13. The predicted molar refractivity (Wildman–Crippen MR) is 76.0 cm³/mol. The number of rotatable bonds is 3. The Balaban J connectivity index is 2.30. The number of hydrogen-bond acceptors (Lipinski definition) is 4. The Kier molecular flexibility index (Phi) is 3.87. The van der Waals surface area contributed by atoms with Crippen molar-refractivity contribution in [1.82, 2.24) is 0 Å². The van der Waals surface area contributed by atoms with Crippen molar-refractivity contribution in [3.05, 3.63) is 28.7 Å². The number of aliphatic carboxylic acids is 1. The summed E-state index contributed by atoms with van der Waals surface area (Å²) in [4.78, 5) is 11.5. The molecule has 1 aliphatic heterocycles. The van der Waals surface area contributed by atoms with E-state index in [1.807, 2.05) is 0 Å². The molecule has 1 atom stereocenters. The van der Waals surface area contributed by atoms with Gasteiger partial charge in [-0.3, -0.25) is 0 Å². The lowest BCUT2D eigenvalue weighted by Gasteiger charge is -2.34. The first-order valence-electron chi connectivity index (χ1n) is 5.81. The van der Waals surface area contributed by atoms with E-state index < -0.39 is 21.3 Å². The van der Waals surface area contributed by atoms with Gasteiger partial charge in [0, 0.05) is 10.2 Å². The molecule has 5 nitrogen and oxygen atoms in total. The van der Waals surface area contributed by atoms with Crippen molar-refractivity contribution in [2.45, 2.75) is 18.4 Å². The van der Waals surface area contributed by atoms with Crippen LogP contribution in [-0.2, 0) is 14.6 Å². The Morgan fingerprint density at radius 2 is 1.95 bits per heavy atom. The van der Waals surface area contributed by atoms with E-state index in [-0.39, 0.29) is 11.5 Å². The van der Waals surface area contributed by atoms with Crippen molar-refractivity contribution >= 4 is 37.4 Å². The van der Waals surface area contributed by atoms with Crippen LogP contribution in [-0.4, -0.2) is 36.5 Å². The van der Waals surface area contributed by atoms with Crippen LogP contribution in [0.1, 0.15) is 12.8 Å². The lowest BCUT2D eigenvalue weighted by Crippen LogP contribution is -2.54. The fourth-order valence-corrected chi connectivity index (χ4v) is 4.33. The zero-order chi connectivity index (χ0) is 14.1. The number of halogens is 1. The monoisotopic (exact) mass is 347 g/mol. The number of carboxylic acids is 1. The first-order valence-corrected chi connectivity index (χ1v) is 8.42. The second-order valence-electron chi connectivity index (χ2n) is 4.71. The van der Waals surface area contributed by atoms with E-state index >= 15 is 0 Å². The maximum Gasteiger partial charge on any atom is 0.330 e. The van der Waals surface area contributed by atoms with E-state index in [0.717, 1.165) is 4.47 Å². The number of nitrogens with one attached hydrogen (secondary N) is 1. The van der Waals surface area contributed by atoms with Crippen molar-refractivity contribution in [1.29, 1.82) is 0 Å². The van der Waals surface area contributed by atoms with Crippen LogP contribution in [0.2, 0.25) is 0 Å². The van der Waals surface area contributed by atoms with Gasteiger partial charge in [0.1, 0.15) is 5.54 Å². The van der Waals surface area contributed by atoms with Crippen LogP contribution in [0.25, 0.3) is 0 Å². The molecule has 2 rings (SSSR count). The zero-order valence-corrected chi connectivity index (χ0v) is 12.5. The molecule has 0 amide bonds. The van der Waals surface area contributed by atoms with Gasteiger partial charge in [-0.25, -0.2) is 13.2 Å². The molecule has 1 unspecified atom stereocenters. The van der Waals surface area contributed by atoms with E-state index in [2.05, 4.69) is 21.2 Å². The summed E-state index contributed by atoms with van der Waals surface area (Å²) in [6.45, 7) is 0. The molecule has 2 N–H and O–H groups in total. The van der Waals surface area contributed by atoms with E-state index in [0.29, 0.717) is 18.5 Å². The van der Waals surface area contributed by atoms with E-state index in [4.69, 9.17) is 0 Å². The Hall–Kier alpha value is -1.08. The molecule has 0 spiro atoms. The van der Waals surface area contributed by atoms with Crippen LogP contribution in [0.3, 0.4) is 0 Å². The lowest BCUT2D eigenvalue weighted by atomic mass is 9.95. The average Bonchev–Trinajstić information content (AvgIpc) is 2.31. The zero-order valence-electron chi connectivity index (χ0n) is 10.1. The summed E-state index contributed by atoms with van der Waals surface area (Å²) < 4.78 is 24.3. The van der Waals surface area contributed by atoms with Crippen molar-refractivity contribution < 1.29 is 18.3 Å². The maximum absolute atomic E-state index is 11.7. The minimum Gasteiger partial charge on any atom is -0.479 e. The molecule has 1 fully saturated rings. The SMILES string of the molecule is O=C(O)C1(Nc2ccc(Br)cc2)CCCS(=O)(=O)C1. The molecule has 1 aliphatic rings. The molecule has 7 heteroatoms. The van der Waals surface area contributed by atoms with Crippen molar-refractivity contribution in [3.63, 3.8) is 0 Å². The van der Waals surface area contributed by atoms with Crippen LogP contribution in [0.5, 0.6) is 0 Å². The summed E-state index contributed by atoms with van der Waals surface area (Å²) in [5.74, 6) is -1.44. The summed E-state index contributed by atoms with van der Waals surface area (Å²) in [5.41, 5.74) is -0.826. The number of benzene rings is 1. The topological polar surface area (TPSA) is 83.5 Å². The van der Waals surface area contributed by atoms with Gasteiger partial charge in [-0.05, 0) is 37.1 Å². The summed E-state index contributed by atoms with van der Waals surface area (Å²) >= 11 is 3.29. The fraction of sp³-hybridized carbons (Fsp3) is 0.417. The van der Waals surface area contributed by atoms with Crippen LogP contribution < -0.4 is 5.32 Å². The van der Waals surface area contributed by atoms with E-state index in [1.54, 1.807) is 24.3 Å². The quantitative estimate of drug-likeness (QED) is 0.872. The van der Waals surface area contributed by atoms with E-state index in [9.17, 15) is 18.3 Å². The second-order valence-corrected chi connectivity index (χ2v) is 7.81. The molecule has 19 heavy (non-hydrogen) atoms. The molecule has 0 radical (unpaired) electrons. The highest BCUT2D eigenvalue weighted by Gasteiger charge is 2.45. The van der Waals surface area contributed by atoms with Gasteiger partial charge in [-0.2, -0.15) is 0 Å². The third-order valence-electron chi connectivity index (χ3n) is 3.16. The number of sulfone groups is 1. The molecule has 0 bridgehead atoms. The molecule has 0 aromatic heterocycles. The number of hydrogen-bond donors (Lipinski definition) is 2. The highest BCUT2D eigenvalue weighted by Crippen LogP contribution is 2.28. The first-order chi connectivity index (χ1) is 8.83. The molecular weight excluding hydrogens is 334 g/mol. The summed E-state index contributed by atoms with van der Waals surface area (Å²) in [6, 6.07) is 6.98. The predicted octanol–water partition coefficient (Wildman–Crippen LogP) is 1.89. The van der Waals surface area contributed by atoms with Gasteiger partial charge in [-0.1, -0.05) is 15.9 Å². The van der Waals surface area contributed by atoms with Gasteiger partial charge >= 0.3 is 5.97 Å². The summed E-state index contributed by atoms with van der Waals surface area (Å²) in [7, 11) is -3.32. The third kappa shape index (κ3) is 3.27. The molecule has 1 aromatic rings. The highest BCUT2D eigenvalue weighted by molar-refractivity contribution is 9.10. The van der Waals surface area contributed by atoms with Gasteiger partial charge in [0.25, 0.3) is 0 Å². The highest BCUT2D eigenvalue weighted by atomic mass is 79.9. The van der Waals surface area contributed by atoms with Gasteiger partial charge in [-0.15, -0.1) is 0 Å². The van der Waals surface area contributed by atoms with Crippen LogP contribution >= 0.6 is 15.9 Å². The Morgan fingerprint density at radius 3 is 2.47 bits per heavy atom. The number of carboxylic acid groups (broad SMARTS) is 1. The van der Waals surface area contributed by atoms with E-state index in [1.165, 1.54) is 0 Å². The van der Waals surface area contributed by atoms with Crippen molar-refractivity contribution in [2.24, 2.45) is 0 Å². The summed E-state index contributed by atoms with van der Waals surface area (Å²) in [5, 5.41) is 12.3. The Labute approximate surface area is 120 Å². The van der Waals surface area contributed by atoms with Gasteiger partial charge in [0.15, 0.2) is 9.84 Å². The fourth-order valence-electron chi connectivity index (χ4n) is 2.24. The van der Waals surface area contributed by atoms with Crippen LogP contribution in [0.15, 0.2) is 28.7 Å². The van der Waals surface area contributed by atoms with Crippen molar-refractivity contribution in [3.8, 4) is 0 Å².